The zero-order chi connectivity index (χ0) is 14.6. The van der Waals surface area contributed by atoms with Gasteiger partial charge >= 0.3 is 0 Å². The average Bonchev–Trinajstić information content (AvgIpc) is 2.30. The van der Waals surface area contributed by atoms with E-state index < -0.39 is 0 Å². The van der Waals surface area contributed by atoms with Crippen LogP contribution in [0.1, 0.15) is 43.6 Å². The van der Waals surface area contributed by atoms with Crippen molar-refractivity contribution in [3.8, 4) is 0 Å². The summed E-state index contributed by atoms with van der Waals surface area (Å²) in [7, 11) is 0. The van der Waals surface area contributed by atoms with E-state index in [9.17, 15) is 4.79 Å². The predicted octanol–water partition coefficient (Wildman–Crippen LogP) is 3.33. The molecule has 0 saturated carbocycles. The van der Waals surface area contributed by atoms with Gasteiger partial charge in [-0.05, 0) is 36.5 Å². The van der Waals surface area contributed by atoms with Gasteiger partial charge in [0.15, 0.2) is 0 Å². The molecular formula is C16H26N2O. The Kier molecular flexibility index (Phi) is 5.40. The quantitative estimate of drug-likeness (QED) is 0.827. The summed E-state index contributed by atoms with van der Waals surface area (Å²) in [6, 6.07) is 5.54. The minimum absolute atomic E-state index is 0.0900. The highest BCUT2D eigenvalue weighted by molar-refractivity contribution is 5.96. The number of carbonyl (C=O) groups is 1. The van der Waals surface area contributed by atoms with Crippen LogP contribution in [0.4, 0.5) is 5.69 Å². The van der Waals surface area contributed by atoms with Crippen molar-refractivity contribution in [1.82, 2.24) is 4.90 Å². The van der Waals surface area contributed by atoms with E-state index in [1.165, 1.54) is 0 Å². The zero-order valence-electron chi connectivity index (χ0n) is 12.7. The van der Waals surface area contributed by atoms with Crippen molar-refractivity contribution in [1.29, 1.82) is 0 Å². The van der Waals surface area contributed by atoms with E-state index in [0.717, 1.165) is 24.2 Å². The molecule has 106 valence electrons. The van der Waals surface area contributed by atoms with Gasteiger partial charge in [-0.2, -0.15) is 0 Å². The first-order valence-electron chi connectivity index (χ1n) is 6.97. The Hall–Kier alpha value is -1.51. The Morgan fingerprint density at radius 3 is 2.16 bits per heavy atom. The standard InChI is InChI=1S/C16H26N2O/c1-11(2)9-18(10-12(3)4)16(19)14-7-6-8-15(17)13(14)5/h6-8,11-12H,9-10,17H2,1-5H3. The Labute approximate surface area is 116 Å². The van der Waals surface area contributed by atoms with Gasteiger partial charge in [-0.1, -0.05) is 33.8 Å². The lowest BCUT2D eigenvalue weighted by Crippen LogP contribution is -2.37. The highest BCUT2D eigenvalue weighted by Gasteiger charge is 2.20. The summed E-state index contributed by atoms with van der Waals surface area (Å²) in [5.74, 6) is 1.01. The summed E-state index contributed by atoms with van der Waals surface area (Å²) in [5, 5.41) is 0. The number of nitrogens with zero attached hydrogens (tertiary/aromatic N) is 1. The fourth-order valence-electron chi connectivity index (χ4n) is 2.18. The second-order valence-electron chi connectivity index (χ2n) is 6.02. The summed E-state index contributed by atoms with van der Waals surface area (Å²) in [6.45, 7) is 12.0. The van der Waals surface area contributed by atoms with Crippen LogP contribution in [0.15, 0.2) is 18.2 Å². The number of carbonyl (C=O) groups excluding carboxylic acids is 1. The van der Waals surface area contributed by atoms with E-state index in [1.807, 2.05) is 30.0 Å². The van der Waals surface area contributed by atoms with Gasteiger partial charge < -0.3 is 10.6 Å². The zero-order valence-corrected chi connectivity index (χ0v) is 12.7. The van der Waals surface area contributed by atoms with Crippen LogP contribution in [0.25, 0.3) is 0 Å². The van der Waals surface area contributed by atoms with Crippen molar-refractivity contribution in [3.63, 3.8) is 0 Å². The van der Waals surface area contributed by atoms with Crippen molar-refractivity contribution in [2.75, 3.05) is 18.8 Å². The number of anilines is 1. The Bertz CT molecular complexity index is 428. The summed E-state index contributed by atoms with van der Waals surface area (Å²) >= 11 is 0. The molecule has 0 aromatic heterocycles. The van der Waals surface area contributed by atoms with Crippen molar-refractivity contribution in [2.45, 2.75) is 34.6 Å². The molecule has 19 heavy (non-hydrogen) atoms. The van der Waals surface area contributed by atoms with E-state index in [-0.39, 0.29) is 5.91 Å². The van der Waals surface area contributed by atoms with Crippen LogP contribution in [-0.4, -0.2) is 23.9 Å². The molecule has 1 aromatic rings. The molecule has 0 aliphatic heterocycles. The third-order valence-corrected chi connectivity index (χ3v) is 3.06. The molecule has 3 heteroatoms. The van der Waals surface area contributed by atoms with Gasteiger partial charge in [-0.3, -0.25) is 4.79 Å². The molecule has 1 aromatic carbocycles. The first-order valence-corrected chi connectivity index (χ1v) is 6.97. The molecule has 0 aliphatic carbocycles. The molecule has 1 amide bonds. The van der Waals surface area contributed by atoms with Crippen LogP contribution in [0.3, 0.4) is 0 Å². The smallest absolute Gasteiger partial charge is 0.254 e. The Morgan fingerprint density at radius 2 is 1.68 bits per heavy atom. The van der Waals surface area contributed by atoms with Crippen molar-refractivity contribution in [2.24, 2.45) is 11.8 Å². The fourth-order valence-corrected chi connectivity index (χ4v) is 2.18. The lowest BCUT2D eigenvalue weighted by Gasteiger charge is -2.27. The lowest BCUT2D eigenvalue weighted by molar-refractivity contribution is 0.0714. The molecule has 0 saturated heterocycles. The molecular weight excluding hydrogens is 236 g/mol. The summed E-state index contributed by atoms with van der Waals surface area (Å²) in [6.07, 6.45) is 0. The Balaban J connectivity index is 3.01. The predicted molar refractivity (Wildman–Crippen MR) is 81.2 cm³/mol. The van der Waals surface area contributed by atoms with Crippen molar-refractivity contribution < 1.29 is 4.79 Å². The van der Waals surface area contributed by atoms with E-state index in [0.29, 0.717) is 17.5 Å². The van der Waals surface area contributed by atoms with Crippen LogP contribution in [-0.2, 0) is 0 Å². The van der Waals surface area contributed by atoms with E-state index in [2.05, 4.69) is 27.7 Å². The second kappa shape index (κ2) is 6.60. The molecule has 2 N–H and O–H groups in total. The highest BCUT2D eigenvalue weighted by atomic mass is 16.2. The molecule has 0 heterocycles. The topological polar surface area (TPSA) is 46.3 Å². The molecule has 3 nitrogen and oxygen atoms in total. The number of rotatable bonds is 5. The lowest BCUT2D eigenvalue weighted by atomic mass is 10.0. The van der Waals surface area contributed by atoms with E-state index >= 15 is 0 Å². The summed E-state index contributed by atoms with van der Waals surface area (Å²) in [5.41, 5.74) is 8.17. The number of nitrogens with two attached hydrogens (primary N) is 1. The minimum Gasteiger partial charge on any atom is -0.398 e. The number of hydrogen-bond acceptors (Lipinski definition) is 2. The minimum atomic E-state index is 0.0900. The van der Waals surface area contributed by atoms with Gasteiger partial charge in [-0.15, -0.1) is 0 Å². The maximum Gasteiger partial charge on any atom is 0.254 e. The van der Waals surface area contributed by atoms with Crippen LogP contribution in [0, 0.1) is 18.8 Å². The number of amides is 1. The first kappa shape index (κ1) is 15.5. The third-order valence-electron chi connectivity index (χ3n) is 3.06. The van der Waals surface area contributed by atoms with Gasteiger partial charge in [0.2, 0.25) is 0 Å². The van der Waals surface area contributed by atoms with Crippen molar-refractivity contribution >= 4 is 11.6 Å². The highest BCUT2D eigenvalue weighted by Crippen LogP contribution is 2.18. The third kappa shape index (κ3) is 4.27. The average molecular weight is 262 g/mol. The molecule has 0 bridgehead atoms. The SMILES string of the molecule is Cc1c(N)cccc1C(=O)N(CC(C)C)CC(C)C. The number of benzene rings is 1. The number of hydrogen-bond donors (Lipinski definition) is 1. The molecule has 0 atom stereocenters. The van der Waals surface area contributed by atoms with Crippen LogP contribution in [0.2, 0.25) is 0 Å². The van der Waals surface area contributed by atoms with Gasteiger partial charge in [-0.25, -0.2) is 0 Å². The summed E-state index contributed by atoms with van der Waals surface area (Å²) in [4.78, 5) is 14.6. The van der Waals surface area contributed by atoms with Gasteiger partial charge in [0.25, 0.3) is 5.91 Å². The first-order chi connectivity index (χ1) is 8.82. The van der Waals surface area contributed by atoms with Crippen molar-refractivity contribution in [3.05, 3.63) is 29.3 Å². The molecule has 1 rings (SSSR count). The molecule has 0 aliphatic rings. The molecule has 0 unspecified atom stereocenters. The van der Waals surface area contributed by atoms with Gasteiger partial charge in [0.05, 0.1) is 0 Å². The second-order valence-corrected chi connectivity index (χ2v) is 6.02. The van der Waals surface area contributed by atoms with Gasteiger partial charge in [0.1, 0.15) is 0 Å². The normalized spacial score (nSPS) is 11.1. The van der Waals surface area contributed by atoms with Crippen LogP contribution >= 0.6 is 0 Å². The van der Waals surface area contributed by atoms with Gasteiger partial charge in [0, 0.05) is 24.3 Å². The molecule has 0 fully saturated rings. The maximum atomic E-state index is 12.7. The molecule has 0 spiro atoms. The Morgan fingerprint density at radius 1 is 1.16 bits per heavy atom. The summed E-state index contributed by atoms with van der Waals surface area (Å²) < 4.78 is 0. The van der Waals surface area contributed by atoms with Crippen LogP contribution < -0.4 is 5.73 Å². The number of nitrogen functional groups attached to an aromatic ring is 1. The molecule has 0 radical (unpaired) electrons. The van der Waals surface area contributed by atoms with E-state index in [1.54, 1.807) is 0 Å². The largest absolute Gasteiger partial charge is 0.398 e. The maximum absolute atomic E-state index is 12.7. The van der Waals surface area contributed by atoms with Crippen LogP contribution in [0.5, 0.6) is 0 Å². The van der Waals surface area contributed by atoms with E-state index in [4.69, 9.17) is 5.73 Å². The monoisotopic (exact) mass is 262 g/mol. The fraction of sp³-hybridized carbons (Fsp3) is 0.562.